The highest BCUT2D eigenvalue weighted by molar-refractivity contribution is 5.95. The smallest absolute Gasteiger partial charge is 0.295 e. The summed E-state index contributed by atoms with van der Waals surface area (Å²) in [6, 6.07) is 5.81. The predicted octanol–water partition coefficient (Wildman–Crippen LogP) is -0.143. The summed E-state index contributed by atoms with van der Waals surface area (Å²) in [6.45, 7) is 0. The van der Waals surface area contributed by atoms with Crippen molar-refractivity contribution >= 4 is 17.4 Å². The number of primary amides is 1. The summed E-state index contributed by atoms with van der Waals surface area (Å²) in [5, 5.41) is 17.9. The third-order valence-electron chi connectivity index (χ3n) is 2.24. The van der Waals surface area contributed by atoms with Crippen LogP contribution < -0.4 is 11.5 Å². The Labute approximate surface area is 100 Å². The van der Waals surface area contributed by atoms with Gasteiger partial charge in [-0.15, -0.1) is 5.10 Å². The number of amides is 1. The van der Waals surface area contributed by atoms with Gasteiger partial charge in [-0.05, 0) is 6.07 Å². The van der Waals surface area contributed by atoms with Gasteiger partial charge in [0.15, 0.2) is 11.5 Å². The molecule has 0 radical (unpaired) electrons. The summed E-state index contributed by atoms with van der Waals surface area (Å²) >= 11 is 0. The second-order valence-electron chi connectivity index (χ2n) is 3.35. The zero-order valence-electron chi connectivity index (χ0n) is 8.98. The number of anilines is 1. The van der Waals surface area contributed by atoms with E-state index < -0.39 is 10.8 Å². The Morgan fingerprint density at radius 2 is 2.06 bits per heavy atom. The van der Waals surface area contributed by atoms with Crippen LogP contribution in [0.15, 0.2) is 24.3 Å². The van der Waals surface area contributed by atoms with E-state index in [-0.39, 0.29) is 22.9 Å². The van der Waals surface area contributed by atoms with Crippen molar-refractivity contribution in [3.8, 4) is 5.69 Å². The van der Waals surface area contributed by atoms with Crippen LogP contribution in [0.5, 0.6) is 0 Å². The Kier molecular flexibility index (Phi) is 2.64. The first-order chi connectivity index (χ1) is 8.52. The molecule has 2 aromatic rings. The van der Waals surface area contributed by atoms with Crippen LogP contribution in [0.1, 0.15) is 10.5 Å². The first-order valence-corrected chi connectivity index (χ1v) is 4.77. The van der Waals surface area contributed by atoms with Crippen molar-refractivity contribution in [2.24, 2.45) is 5.73 Å². The molecule has 1 heterocycles. The van der Waals surface area contributed by atoms with Crippen LogP contribution in [-0.2, 0) is 0 Å². The number of hydrogen-bond acceptors (Lipinski definition) is 6. The molecule has 1 aromatic heterocycles. The fourth-order valence-electron chi connectivity index (χ4n) is 1.44. The van der Waals surface area contributed by atoms with E-state index >= 15 is 0 Å². The van der Waals surface area contributed by atoms with Crippen LogP contribution in [0.2, 0.25) is 0 Å². The lowest BCUT2D eigenvalue weighted by atomic mass is 10.2. The van der Waals surface area contributed by atoms with Gasteiger partial charge in [-0.1, -0.05) is 17.3 Å². The number of nitrogens with two attached hydrogens (primary N) is 2. The van der Waals surface area contributed by atoms with Gasteiger partial charge in [0.2, 0.25) is 0 Å². The van der Waals surface area contributed by atoms with E-state index in [4.69, 9.17) is 11.5 Å². The second kappa shape index (κ2) is 4.13. The van der Waals surface area contributed by atoms with Crippen LogP contribution in [0.25, 0.3) is 5.69 Å². The molecule has 9 heteroatoms. The molecule has 0 saturated heterocycles. The Morgan fingerprint density at radius 3 is 2.61 bits per heavy atom. The largest absolute Gasteiger partial charge is 0.382 e. The molecule has 0 aliphatic carbocycles. The van der Waals surface area contributed by atoms with Crippen molar-refractivity contribution in [1.29, 1.82) is 0 Å². The lowest BCUT2D eigenvalue weighted by Crippen LogP contribution is -2.14. The van der Waals surface area contributed by atoms with E-state index in [2.05, 4.69) is 10.3 Å². The van der Waals surface area contributed by atoms with Gasteiger partial charge in [0.05, 0.1) is 4.92 Å². The van der Waals surface area contributed by atoms with Gasteiger partial charge in [-0.2, -0.15) is 4.68 Å². The number of para-hydroxylation sites is 2. The van der Waals surface area contributed by atoms with Crippen LogP contribution in [0, 0.1) is 10.1 Å². The highest BCUT2D eigenvalue weighted by Crippen LogP contribution is 2.24. The van der Waals surface area contributed by atoms with E-state index in [0.717, 1.165) is 4.68 Å². The molecule has 0 saturated carbocycles. The Balaban J connectivity index is 2.63. The molecule has 0 aliphatic heterocycles. The standard InChI is InChI=1S/C9H8N6O3/c10-8-7(9(11)16)12-13-14(8)5-3-1-2-4-6(5)15(17)18/h1-4H,10H2,(H2,11,16). The monoisotopic (exact) mass is 248 g/mol. The topological polar surface area (TPSA) is 143 Å². The van der Waals surface area contributed by atoms with Crippen molar-refractivity contribution in [3.05, 3.63) is 40.1 Å². The molecule has 0 atom stereocenters. The van der Waals surface area contributed by atoms with Crippen molar-refractivity contribution in [3.63, 3.8) is 0 Å². The number of carbonyl (C=O) groups excluding carboxylic acids is 1. The average molecular weight is 248 g/mol. The van der Waals surface area contributed by atoms with Gasteiger partial charge in [0, 0.05) is 6.07 Å². The zero-order chi connectivity index (χ0) is 13.3. The molecule has 4 N–H and O–H groups in total. The molecule has 9 nitrogen and oxygen atoms in total. The number of rotatable bonds is 3. The van der Waals surface area contributed by atoms with Gasteiger partial charge in [-0.3, -0.25) is 14.9 Å². The van der Waals surface area contributed by atoms with E-state index in [1.54, 1.807) is 6.07 Å². The number of nitro benzene ring substituents is 1. The number of hydrogen-bond donors (Lipinski definition) is 2. The van der Waals surface area contributed by atoms with E-state index in [1.165, 1.54) is 18.2 Å². The minimum Gasteiger partial charge on any atom is -0.382 e. The molecular formula is C9H8N6O3. The van der Waals surface area contributed by atoms with E-state index in [1.807, 2.05) is 0 Å². The van der Waals surface area contributed by atoms with Crippen molar-refractivity contribution in [2.75, 3.05) is 5.73 Å². The highest BCUT2D eigenvalue weighted by atomic mass is 16.6. The first-order valence-electron chi connectivity index (χ1n) is 4.77. The maximum absolute atomic E-state index is 11.0. The maximum Gasteiger partial charge on any atom is 0.295 e. The number of carbonyl (C=O) groups is 1. The predicted molar refractivity (Wildman–Crippen MR) is 60.9 cm³/mol. The van der Waals surface area contributed by atoms with Gasteiger partial charge in [-0.25, -0.2) is 0 Å². The molecule has 0 bridgehead atoms. The van der Waals surface area contributed by atoms with Crippen LogP contribution in [-0.4, -0.2) is 25.8 Å². The molecule has 2 rings (SSSR count). The van der Waals surface area contributed by atoms with E-state index in [0.29, 0.717) is 0 Å². The quantitative estimate of drug-likeness (QED) is 0.571. The summed E-state index contributed by atoms with van der Waals surface area (Å²) in [5.41, 5.74) is 10.3. The van der Waals surface area contributed by atoms with Gasteiger partial charge >= 0.3 is 0 Å². The summed E-state index contributed by atoms with van der Waals surface area (Å²) in [7, 11) is 0. The SMILES string of the molecule is NC(=O)c1nnn(-c2ccccc2[N+](=O)[O-])c1N. The Hall–Kier alpha value is -2.97. The molecule has 0 aliphatic rings. The number of nitrogen functional groups attached to an aromatic ring is 1. The molecule has 0 unspecified atom stereocenters. The summed E-state index contributed by atoms with van der Waals surface area (Å²) in [4.78, 5) is 21.3. The molecule has 92 valence electrons. The Bertz CT molecular complexity index is 635. The zero-order valence-corrected chi connectivity index (χ0v) is 8.98. The average Bonchev–Trinajstić information content (AvgIpc) is 2.71. The minimum atomic E-state index is -0.850. The molecular weight excluding hydrogens is 240 g/mol. The third kappa shape index (κ3) is 1.73. The lowest BCUT2D eigenvalue weighted by Gasteiger charge is -2.03. The van der Waals surface area contributed by atoms with E-state index in [9.17, 15) is 14.9 Å². The fourth-order valence-corrected chi connectivity index (χ4v) is 1.44. The first kappa shape index (κ1) is 11.5. The van der Waals surface area contributed by atoms with Crippen molar-refractivity contribution in [1.82, 2.24) is 15.0 Å². The van der Waals surface area contributed by atoms with Crippen LogP contribution in [0.3, 0.4) is 0 Å². The lowest BCUT2D eigenvalue weighted by molar-refractivity contribution is -0.384. The number of nitrogens with zero attached hydrogens (tertiary/aromatic N) is 4. The van der Waals surface area contributed by atoms with Crippen molar-refractivity contribution < 1.29 is 9.72 Å². The summed E-state index contributed by atoms with van der Waals surface area (Å²) < 4.78 is 0.998. The Morgan fingerprint density at radius 1 is 1.39 bits per heavy atom. The number of nitro groups is 1. The molecule has 1 amide bonds. The number of benzene rings is 1. The summed E-state index contributed by atoms with van der Waals surface area (Å²) in [6.07, 6.45) is 0. The minimum absolute atomic E-state index is 0.111. The third-order valence-corrected chi connectivity index (χ3v) is 2.24. The normalized spacial score (nSPS) is 10.2. The molecule has 0 fully saturated rings. The van der Waals surface area contributed by atoms with Gasteiger partial charge < -0.3 is 11.5 Å². The van der Waals surface area contributed by atoms with Crippen LogP contribution in [0.4, 0.5) is 11.5 Å². The fraction of sp³-hybridized carbons (Fsp3) is 0. The maximum atomic E-state index is 11.0. The van der Waals surface area contributed by atoms with Gasteiger partial charge in [0.1, 0.15) is 5.69 Å². The molecule has 18 heavy (non-hydrogen) atoms. The number of aromatic nitrogens is 3. The molecule has 1 aromatic carbocycles. The van der Waals surface area contributed by atoms with Crippen molar-refractivity contribution in [2.45, 2.75) is 0 Å². The van der Waals surface area contributed by atoms with Crippen LogP contribution >= 0.6 is 0 Å². The highest BCUT2D eigenvalue weighted by Gasteiger charge is 2.21. The second-order valence-corrected chi connectivity index (χ2v) is 3.35. The van der Waals surface area contributed by atoms with Gasteiger partial charge in [0.25, 0.3) is 11.6 Å². The summed E-state index contributed by atoms with van der Waals surface area (Å²) in [5.74, 6) is -0.992. The molecule has 0 spiro atoms.